The van der Waals surface area contributed by atoms with Crippen molar-refractivity contribution >= 4 is 16.9 Å². The van der Waals surface area contributed by atoms with Crippen LogP contribution in [-0.2, 0) is 4.79 Å². The summed E-state index contributed by atoms with van der Waals surface area (Å²) in [5.74, 6) is 0.264. The number of fused-ring (bicyclic) bond motifs is 1. The fraction of sp³-hybridized carbons (Fsp3) is 0.579. The minimum atomic E-state index is -0.0567. The number of H-pyrrole nitrogens is 1. The molecular weight excluding hydrogens is 316 g/mol. The molecule has 6 nitrogen and oxygen atoms in total. The Kier molecular flexibility index (Phi) is 4.37. The zero-order chi connectivity index (χ0) is 17.4. The van der Waals surface area contributed by atoms with E-state index in [0.29, 0.717) is 0 Å². The second kappa shape index (κ2) is 6.67. The average molecular weight is 342 g/mol. The number of nitrogens with one attached hydrogen (secondary N) is 1. The van der Waals surface area contributed by atoms with Crippen LogP contribution in [0.2, 0.25) is 0 Å². The Hall–Kier alpha value is -2.08. The summed E-state index contributed by atoms with van der Waals surface area (Å²) in [6.07, 6.45) is 4.06. The van der Waals surface area contributed by atoms with Gasteiger partial charge in [0.1, 0.15) is 0 Å². The first-order valence-corrected chi connectivity index (χ1v) is 9.37. The maximum Gasteiger partial charge on any atom is 0.326 e. The summed E-state index contributed by atoms with van der Waals surface area (Å²) in [6, 6.07) is 8.00. The fourth-order valence-corrected chi connectivity index (χ4v) is 4.33. The lowest BCUT2D eigenvalue weighted by molar-refractivity contribution is -0.135. The molecule has 2 aliphatic heterocycles. The smallest absolute Gasteiger partial charge is 0.326 e. The van der Waals surface area contributed by atoms with E-state index >= 15 is 0 Å². The molecule has 25 heavy (non-hydrogen) atoms. The number of likely N-dealkylation sites (tertiary alicyclic amines) is 2. The van der Waals surface area contributed by atoms with Crippen molar-refractivity contribution in [2.45, 2.75) is 44.7 Å². The molecule has 0 saturated carbocycles. The highest BCUT2D eigenvalue weighted by atomic mass is 16.2. The second-order valence-corrected chi connectivity index (χ2v) is 7.29. The fourth-order valence-electron chi connectivity index (χ4n) is 4.33. The van der Waals surface area contributed by atoms with Crippen LogP contribution in [0.5, 0.6) is 0 Å². The van der Waals surface area contributed by atoms with Gasteiger partial charge in [-0.3, -0.25) is 14.3 Å². The monoisotopic (exact) mass is 342 g/mol. The van der Waals surface area contributed by atoms with E-state index in [4.69, 9.17) is 0 Å². The molecule has 0 unspecified atom stereocenters. The topological polar surface area (TPSA) is 61.3 Å². The Morgan fingerprint density at radius 3 is 2.52 bits per heavy atom. The van der Waals surface area contributed by atoms with Gasteiger partial charge in [0.25, 0.3) is 0 Å². The number of aromatic amines is 1. The lowest BCUT2D eigenvalue weighted by atomic mass is 10.0. The molecule has 2 aliphatic rings. The zero-order valence-corrected chi connectivity index (χ0v) is 14.8. The van der Waals surface area contributed by atoms with Crippen LogP contribution in [0.3, 0.4) is 0 Å². The first kappa shape index (κ1) is 16.4. The highest BCUT2D eigenvalue weighted by molar-refractivity contribution is 5.81. The molecule has 6 heteroatoms. The highest BCUT2D eigenvalue weighted by Crippen LogP contribution is 2.26. The first-order chi connectivity index (χ1) is 12.1. The molecule has 1 atom stereocenters. The first-order valence-electron chi connectivity index (χ1n) is 9.37. The summed E-state index contributed by atoms with van der Waals surface area (Å²) < 4.78 is 1.90. The summed E-state index contributed by atoms with van der Waals surface area (Å²) in [7, 11) is 0. The zero-order valence-electron chi connectivity index (χ0n) is 14.8. The quantitative estimate of drug-likeness (QED) is 0.928. The minimum absolute atomic E-state index is 0.0270. The number of para-hydroxylation sites is 2. The van der Waals surface area contributed by atoms with Gasteiger partial charge >= 0.3 is 5.69 Å². The number of rotatable bonds is 3. The van der Waals surface area contributed by atoms with Gasteiger partial charge in [-0.15, -0.1) is 0 Å². The molecule has 0 aliphatic carbocycles. The normalized spacial score (nSPS) is 21.1. The molecule has 2 fully saturated rings. The van der Waals surface area contributed by atoms with Crippen molar-refractivity contribution in [2.24, 2.45) is 0 Å². The summed E-state index contributed by atoms with van der Waals surface area (Å²) in [6.45, 7) is 5.56. The van der Waals surface area contributed by atoms with Crippen molar-refractivity contribution < 1.29 is 4.79 Å². The molecule has 0 spiro atoms. The van der Waals surface area contributed by atoms with Crippen LogP contribution in [0.25, 0.3) is 11.0 Å². The van der Waals surface area contributed by atoms with Crippen LogP contribution in [0.1, 0.15) is 38.6 Å². The highest BCUT2D eigenvalue weighted by Gasteiger charge is 2.31. The molecule has 3 heterocycles. The number of hydrogen-bond donors (Lipinski definition) is 1. The van der Waals surface area contributed by atoms with Crippen molar-refractivity contribution in [3.63, 3.8) is 0 Å². The molecule has 0 bridgehead atoms. The van der Waals surface area contributed by atoms with E-state index in [1.54, 1.807) is 0 Å². The largest absolute Gasteiger partial charge is 0.341 e. The van der Waals surface area contributed by atoms with E-state index in [2.05, 4.69) is 9.88 Å². The van der Waals surface area contributed by atoms with Crippen LogP contribution < -0.4 is 5.69 Å². The number of piperidine rings is 1. The van der Waals surface area contributed by atoms with Crippen molar-refractivity contribution in [1.29, 1.82) is 0 Å². The number of amides is 1. The third-order valence-electron chi connectivity index (χ3n) is 5.81. The molecule has 2 saturated heterocycles. The number of benzene rings is 1. The van der Waals surface area contributed by atoms with Gasteiger partial charge in [-0.25, -0.2) is 4.79 Å². The van der Waals surface area contributed by atoms with Crippen molar-refractivity contribution in [3.8, 4) is 0 Å². The van der Waals surface area contributed by atoms with E-state index in [1.165, 1.54) is 0 Å². The summed E-state index contributed by atoms with van der Waals surface area (Å²) >= 11 is 0. The van der Waals surface area contributed by atoms with Crippen LogP contribution in [0.4, 0.5) is 0 Å². The SMILES string of the molecule is C[C@H](C(=O)N1CCCC1)N1CCC(n2c(=O)[nH]c3ccccc32)CC1. The van der Waals surface area contributed by atoms with Gasteiger partial charge in [-0.05, 0) is 44.7 Å². The predicted octanol–water partition coefficient (Wildman–Crippen LogP) is 1.98. The molecule has 1 N–H and O–H groups in total. The molecule has 0 radical (unpaired) electrons. The Morgan fingerprint density at radius 1 is 1.12 bits per heavy atom. The van der Waals surface area contributed by atoms with Crippen molar-refractivity contribution in [3.05, 3.63) is 34.7 Å². The summed E-state index contributed by atoms with van der Waals surface area (Å²) in [4.78, 5) is 32.2. The maximum atomic E-state index is 12.6. The van der Waals surface area contributed by atoms with Crippen LogP contribution in [0, 0.1) is 0 Å². The number of carbonyl (C=O) groups excluding carboxylic acids is 1. The number of hydrogen-bond acceptors (Lipinski definition) is 3. The van der Waals surface area contributed by atoms with Gasteiger partial charge in [-0.2, -0.15) is 0 Å². The molecular formula is C19H26N4O2. The molecule has 1 aromatic heterocycles. The van der Waals surface area contributed by atoms with E-state index < -0.39 is 0 Å². The van der Waals surface area contributed by atoms with E-state index in [0.717, 1.165) is 62.9 Å². The van der Waals surface area contributed by atoms with Gasteiger partial charge in [0.15, 0.2) is 0 Å². The van der Waals surface area contributed by atoms with Gasteiger partial charge in [0.05, 0.1) is 17.1 Å². The minimum Gasteiger partial charge on any atom is -0.341 e. The molecule has 1 aromatic carbocycles. The lowest BCUT2D eigenvalue weighted by Crippen LogP contribution is -2.49. The molecule has 134 valence electrons. The second-order valence-electron chi connectivity index (χ2n) is 7.29. The Bertz CT molecular complexity index is 810. The maximum absolute atomic E-state index is 12.6. The molecule has 4 rings (SSSR count). The van der Waals surface area contributed by atoms with Crippen LogP contribution in [0.15, 0.2) is 29.1 Å². The van der Waals surface area contributed by atoms with Crippen LogP contribution >= 0.6 is 0 Å². The Morgan fingerprint density at radius 2 is 1.80 bits per heavy atom. The third-order valence-corrected chi connectivity index (χ3v) is 5.81. The number of nitrogens with zero attached hydrogens (tertiary/aromatic N) is 3. The van der Waals surface area contributed by atoms with Crippen LogP contribution in [-0.4, -0.2) is 57.5 Å². The Balaban J connectivity index is 1.45. The average Bonchev–Trinajstić information content (AvgIpc) is 3.27. The van der Waals surface area contributed by atoms with Gasteiger partial charge in [0.2, 0.25) is 5.91 Å². The number of aromatic nitrogens is 2. The van der Waals surface area contributed by atoms with Gasteiger partial charge < -0.3 is 9.88 Å². The molecule has 2 aromatic rings. The number of carbonyl (C=O) groups is 1. The van der Waals surface area contributed by atoms with E-state index in [9.17, 15) is 9.59 Å². The number of imidazole rings is 1. The summed E-state index contributed by atoms with van der Waals surface area (Å²) in [5, 5.41) is 0. The van der Waals surface area contributed by atoms with Crippen molar-refractivity contribution in [2.75, 3.05) is 26.2 Å². The Labute approximate surface area is 147 Å². The van der Waals surface area contributed by atoms with Crippen molar-refractivity contribution in [1.82, 2.24) is 19.4 Å². The van der Waals surface area contributed by atoms with Gasteiger partial charge in [-0.1, -0.05) is 12.1 Å². The van der Waals surface area contributed by atoms with Gasteiger partial charge in [0, 0.05) is 32.2 Å². The summed E-state index contributed by atoms with van der Waals surface area (Å²) in [5.41, 5.74) is 1.85. The molecule has 1 amide bonds. The third kappa shape index (κ3) is 2.99. The lowest BCUT2D eigenvalue weighted by Gasteiger charge is -2.37. The van der Waals surface area contributed by atoms with E-state index in [-0.39, 0.29) is 23.7 Å². The predicted molar refractivity (Wildman–Crippen MR) is 97.7 cm³/mol. The standard InChI is InChI=1S/C19H26N4O2/c1-14(18(24)22-10-4-5-11-22)21-12-8-15(9-13-21)23-17-7-3-2-6-16(17)20-19(23)25/h2-3,6-7,14-15H,4-5,8-13H2,1H3,(H,20,25)/t14-/m1/s1. The van der Waals surface area contributed by atoms with E-state index in [1.807, 2.05) is 40.7 Å².